The molecule has 1 heterocycles. The minimum atomic E-state index is -0.346. The molecule has 2 aromatic carbocycles. The summed E-state index contributed by atoms with van der Waals surface area (Å²) in [7, 11) is 0. The summed E-state index contributed by atoms with van der Waals surface area (Å²) in [6, 6.07) is 14.5. The zero-order valence-corrected chi connectivity index (χ0v) is 15.9. The largest absolute Gasteiger partial charge is 0.320 e. The second-order valence-corrected chi connectivity index (χ2v) is 6.98. The van der Waals surface area contributed by atoms with Crippen LogP contribution in [0.1, 0.15) is 32.0 Å². The van der Waals surface area contributed by atoms with E-state index < -0.39 is 0 Å². The number of anilines is 1. The van der Waals surface area contributed by atoms with E-state index in [0.717, 1.165) is 20.4 Å². The number of aromatic nitrogens is 2. The van der Waals surface area contributed by atoms with Gasteiger partial charge in [0, 0.05) is 21.0 Å². The van der Waals surface area contributed by atoms with Crippen molar-refractivity contribution in [3.63, 3.8) is 0 Å². The van der Waals surface area contributed by atoms with Gasteiger partial charge in [-0.05, 0) is 72.3 Å². The third kappa shape index (κ3) is 3.96. The van der Waals surface area contributed by atoms with Crippen LogP contribution < -0.4 is 5.32 Å². The monoisotopic (exact) mass is 445 g/mol. The average Bonchev–Trinajstić information content (AvgIpc) is 3.07. The van der Waals surface area contributed by atoms with Crippen LogP contribution in [0.4, 0.5) is 5.69 Å². The molecule has 0 fully saturated rings. The van der Waals surface area contributed by atoms with Crippen molar-refractivity contribution >= 4 is 40.1 Å². The molecule has 6 heteroatoms. The Bertz CT molecular complexity index is 963. The van der Waals surface area contributed by atoms with Crippen LogP contribution in [-0.4, -0.2) is 21.6 Å². The van der Waals surface area contributed by atoms with Gasteiger partial charge in [0.2, 0.25) is 0 Å². The van der Waals surface area contributed by atoms with E-state index in [0.29, 0.717) is 5.56 Å². The number of nitrogens with one attached hydrogen (secondary N) is 1. The van der Waals surface area contributed by atoms with Crippen LogP contribution in [0.5, 0.6) is 0 Å². The predicted molar refractivity (Wildman–Crippen MR) is 105 cm³/mol. The van der Waals surface area contributed by atoms with Crippen molar-refractivity contribution in [3.05, 3.63) is 80.7 Å². The fourth-order valence-electron chi connectivity index (χ4n) is 2.45. The lowest BCUT2D eigenvalue weighted by molar-refractivity contribution is 0.0944. The second-order valence-electron chi connectivity index (χ2n) is 5.73. The van der Waals surface area contributed by atoms with Gasteiger partial charge in [-0.15, -0.1) is 0 Å². The Labute approximate surface area is 159 Å². The minimum absolute atomic E-state index is 0.193. The van der Waals surface area contributed by atoms with E-state index >= 15 is 0 Å². The summed E-state index contributed by atoms with van der Waals surface area (Å²) in [5.41, 5.74) is 3.55. The molecule has 0 bridgehead atoms. The fraction of sp³-hybridized carbons (Fsp3) is 0.105. The lowest BCUT2D eigenvalue weighted by atomic mass is 10.1. The standard InChI is InChI=1S/C19H16IN3O2/c1-12-6-7-16(13(2)10-12)21-18(24)17-8-9-23(22-17)19(25)14-4-3-5-15(20)11-14/h3-11H,1-2H3,(H,21,24). The van der Waals surface area contributed by atoms with Gasteiger partial charge in [0.05, 0.1) is 0 Å². The average molecular weight is 445 g/mol. The molecule has 0 aliphatic rings. The summed E-state index contributed by atoms with van der Waals surface area (Å²) >= 11 is 2.15. The molecule has 0 atom stereocenters. The third-order valence-corrected chi connectivity index (χ3v) is 4.40. The lowest BCUT2D eigenvalue weighted by Gasteiger charge is -2.07. The Kier molecular flexibility index (Phi) is 4.98. The molecule has 0 saturated heterocycles. The number of rotatable bonds is 3. The molecule has 0 aliphatic heterocycles. The normalized spacial score (nSPS) is 10.5. The van der Waals surface area contributed by atoms with E-state index in [1.165, 1.54) is 16.9 Å². The van der Waals surface area contributed by atoms with Crippen molar-refractivity contribution in [2.24, 2.45) is 0 Å². The van der Waals surface area contributed by atoms with Crippen LogP contribution in [0.3, 0.4) is 0 Å². The van der Waals surface area contributed by atoms with Gasteiger partial charge in [-0.3, -0.25) is 9.59 Å². The first-order valence-electron chi connectivity index (χ1n) is 7.68. The number of halogens is 1. The molecule has 1 amide bonds. The summed E-state index contributed by atoms with van der Waals surface area (Å²) < 4.78 is 2.14. The second kappa shape index (κ2) is 7.18. The first-order chi connectivity index (χ1) is 11.9. The molecule has 3 rings (SSSR count). The smallest absolute Gasteiger partial charge is 0.278 e. The van der Waals surface area contributed by atoms with Crippen molar-refractivity contribution in [2.75, 3.05) is 5.32 Å². The molecule has 1 N–H and O–H groups in total. The third-order valence-electron chi connectivity index (χ3n) is 3.73. The molecular formula is C19H16IN3O2. The maximum Gasteiger partial charge on any atom is 0.278 e. The number of carbonyl (C=O) groups is 2. The number of benzene rings is 2. The van der Waals surface area contributed by atoms with E-state index in [4.69, 9.17) is 0 Å². The Morgan fingerprint density at radius 3 is 2.60 bits per heavy atom. The van der Waals surface area contributed by atoms with Gasteiger partial charge in [-0.25, -0.2) is 4.68 Å². The highest BCUT2D eigenvalue weighted by Gasteiger charge is 2.15. The van der Waals surface area contributed by atoms with Gasteiger partial charge in [-0.1, -0.05) is 23.8 Å². The number of nitrogens with zero attached hydrogens (tertiary/aromatic N) is 2. The van der Waals surface area contributed by atoms with E-state index in [2.05, 4.69) is 33.0 Å². The highest BCUT2D eigenvalue weighted by molar-refractivity contribution is 14.1. The first-order valence-corrected chi connectivity index (χ1v) is 8.76. The van der Waals surface area contributed by atoms with Gasteiger partial charge in [0.25, 0.3) is 11.8 Å². The van der Waals surface area contributed by atoms with E-state index in [1.54, 1.807) is 12.1 Å². The Hall–Kier alpha value is -2.48. The van der Waals surface area contributed by atoms with Gasteiger partial charge in [-0.2, -0.15) is 5.10 Å². The Balaban J connectivity index is 1.78. The topological polar surface area (TPSA) is 64.0 Å². The molecule has 3 aromatic rings. The zero-order valence-electron chi connectivity index (χ0n) is 13.8. The van der Waals surface area contributed by atoms with Gasteiger partial charge in [0.15, 0.2) is 5.69 Å². The lowest BCUT2D eigenvalue weighted by Crippen LogP contribution is -2.17. The summed E-state index contributed by atoms with van der Waals surface area (Å²) in [4.78, 5) is 24.8. The molecule has 0 spiro atoms. The van der Waals surface area contributed by atoms with Crippen LogP contribution in [0, 0.1) is 17.4 Å². The van der Waals surface area contributed by atoms with Crippen molar-refractivity contribution in [1.82, 2.24) is 9.78 Å². The maximum atomic E-state index is 12.4. The SMILES string of the molecule is Cc1ccc(NC(=O)c2ccn(C(=O)c3cccc(I)c3)n2)c(C)c1. The summed E-state index contributed by atoms with van der Waals surface area (Å²) in [6.45, 7) is 3.93. The fourth-order valence-corrected chi connectivity index (χ4v) is 3.00. The molecule has 1 aromatic heterocycles. The molecule has 5 nitrogen and oxygen atoms in total. The molecule has 25 heavy (non-hydrogen) atoms. The minimum Gasteiger partial charge on any atom is -0.320 e. The molecule has 0 radical (unpaired) electrons. The molecular weight excluding hydrogens is 429 g/mol. The van der Waals surface area contributed by atoms with Crippen LogP contribution in [0.2, 0.25) is 0 Å². The molecule has 0 unspecified atom stereocenters. The van der Waals surface area contributed by atoms with Crippen LogP contribution in [0.25, 0.3) is 0 Å². The molecule has 0 aliphatic carbocycles. The van der Waals surface area contributed by atoms with Gasteiger partial charge < -0.3 is 5.32 Å². The van der Waals surface area contributed by atoms with Gasteiger partial charge >= 0.3 is 0 Å². The van der Waals surface area contributed by atoms with Crippen LogP contribution in [-0.2, 0) is 0 Å². The number of carbonyl (C=O) groups excluding carboxylic acids is 2. The van der Waals surface area contributed by atoms with Crippen LogP contribution in [0.15, 0.2) is 54.7 Å². The van der Waals surface area contributed by atoms with E-state index in [9.17, 15) is 9.59 Å². The van der Waals surface area contributed by atoms with E-state index in [-0.39, 0.29) is 17.5 Å². The summed E-state index contributed by atoms with van der Waals surface area (Å²) in [5.74, 6) is -0.620. The molecule has 126 valence electrons. The number of hydrogen-bond donors (Lipinski definition) is 1. The number of hydrogen-bond acceptors (Lipinski definition) is 3. The quantitative estimate of drug-likeness (QED) is 0.619. The first kappa shape index (κ1) is 17.3. The van der Waals surface area contributed by atoms with Crippen molar-refractivity contribution < 1.29 is 9.59 Å². The van der Waals surface area contributed by atoms with E-state index in [1.807, 2.05) is 44.2 Å². The summed E-state index contributed by atoms with van der Waals surface area (Å²) in [5, 5.41) is 6.94. The summed E-state index contributed by atoms with van der Waals surface area (Å²) in [6.07, 6.45) is 1.50. The van der Waals surface area contributed by atoms with Crippen molar-refractivity contribution in [1.29, 1.82) is 0 Å². The van der Waals surface area contributed by atoms with Gasteiger partial charge in [0.1, 0.15) is 0 Å². The number of amides is 1. The highest BCUT2D eigenvalue weighted by Crippen LogP contribution is 2.17. The number of aryl methyl sites for hydroxylation is 2. The Morgan fingerprint density at radius 1 is 1.08 bits per heavy atom. The molecule has 0 saturated carbocycles. The highest BCUT2D eigenvalue weighted by atomic mass is 127. The predicted octanol–water partition coefficient (Wildman–Crippen LogP) is 4.05. The van der Waals surface area contributed by atoms with Crippen LogP contribution >= 0.6 is 22.6 Å². The zero-order chi connectivity index (χ0) is 18.0. The van der Waals surface area contributed by atoms with Crippen molar-refractivity contribution in [3.8, 4) is 0 Å². The Morgan fingerprint density at radius 2 is 1.88 bits per heavy atom. The van der Waals surface area contributed by atoms with Crippen molar-refractivity contribution in [2.45, 2.75) is 13.8 Å². The maximum absolute atomic E-state index is 12.4.